The maximum absolute atomic E-state index is 11.6. The number of carboxylic acid groups (broad SMARTS) is 1. The van der Waals surface area contributed by atoms with Gasteiger partial charge in [0.2, 0.25) is 0 Å². The fourth-order valence-electron chi connectivity index (χ4n) is 4.17. The van der Waals surface area contributed by atoms with Gasteiger partial charge in [-0.3, -0.25) is 4.79 Å². The molecule has 0 aromatic heterocycles. The molecule has 2 heteroatoms. The molecule has 0 saturated heterocycles. The van der Waals surface area contributed by atoms with Gasteiger partial charge in [0.1, 0.15) is 0 Å². The van der Waals surface area contributed by atoms with Gasteiger partial charge < -0.3 is 5.11 Å². The Morgan fingerprint density at radius 3 is 2.20 bits per heavy atom. The Labute approximate surface area is 91.1 Å². The molecule has 3 saturated carbocycles. The lowest BCUT2D eigenvalue weighted by Crippen LogP contribution is -2.38. The highest BCUT2D eigenvalue weighted by molar-refractivity contribution is 5.76. The molecule has 0 aromatic rings. The third kappa shape index (κ3) is 1.41. The van der Waals surface area contributed by atoms with Crippen molar-refractivity contribution >= 4 is 5.97 Å². The van der Waals surface area contributed by atoms with E-state index in [1.165, 1.54) is 38.5 Å². The minimum atomic E-state index is -0.485. The van der Waals surface area contributed by atoms with Gasteiger partial charge >= 0.3 is 5.97 Å². The Bertz CT molecular complexity index is 268. The molecule has 1 N–H and O–H groups in total. The molecule has 0 bridgehead atoms. The molecule has 3 fully saturated rings. The molecule has 0 heterocycles. The van der Waals surface area contributed by atoms with Crippen LogP contribution in [0.3, 0.4) is 0 Å². The monoisotopic (exact) mass is 208 g/mol. The van der Waals surface area contributed by atoms with E-state index in [9.17, 15) is 9.90 Å². The van der Waals surface area contributed by atoms with Gasteiger partial charge in [-0.2, -0.15) is 0 Å². The van der Waals surface area contributed by atoms with Crippen LogP contribution in [-0.4, -0.2) is 11.1 Å². The van der Waals surface area contributed by atoms with Crippen LogP contribution in [0.5, 0.6) is 0 Å². The molecule has 2 atom stereocenters. The van der Waals surface area contributed by atoms with Crippen LogP contribution in [0.4, 0.5) is 0 Å². The van der Waals surface area contributed by atoms with Crippen molar-refractivity contribution in [1.82, 2.24) is 0 Å². The van der Waals surface area contributed by atoms with Gasteiger partial charge in [0, 0.05) is 0 Å². The van der Waals surface area contributed by atoms with Crippen molar-refractivity contribution < 1.29 is 9.90 Å². The quantitative estimate of drug-likeness (QED) is 0.757. The SMILES string of the molecule is O=C(O)C1(C2CCCCC2)CC2CC2C1. The highest BCUT2D eigenvalue weighted by Crippen LogP contribution is 2.64. The van der Waals surface area contributed by atoms with Gasteiger partial charge in [-0.1, -0.05) is 19.3 Å². The van der Waals surface area contributed by atoms with E-state index < -0.39 is 5.97 Å². The van der Waals surface area contributed by atoms with E-state index in [0.717, 1.165) is 24.7 Å². The van der Waals surface area contributed by atoms with Crippen molar-refractivity contribution in [3.05, 3.63) is 0 Å². The summed E-state index contributed by atoms with van der Waals surface area (Å²) in [6, 6.07) is 0. The van der Waals surface area contributed by atoms with Crippen LogP contribution >= 0.6 is 0 Å². The first-order valence-electron chi connectivity index (χ1n) is 6.46. The predicted octanol–water partition coefficient (Wildman–Crippen LogP) is 3.07. The summed E-state index contributed by atoms with van der Waals surface area (Å²) in [6.45, 7) is 0. The number of carboxylic acids is 1. The molecule has 3 rings (SSSR count). The van der Waals surface area contributed by atoms with Crippen LogP contribution in [0.2, 0.25) is 0 Å². The van der Waals surface area contributed by atoms with E-state index in [1.54, 1.807) is 0 Å². The number of carbonyl (C=O) groups is 1. The maximum Gasteiger partial charge on any atom is 0.309 e. The largest absolute Gasteiger partial charge is 0.481 e. The highest BCUT2D eigenvalue weighted by atomic mass is 16.4. The molecule has 15 heavy (non-hydrogen) atoms. The third-order valence-electron chi connectivity index (χ3n) is 5.13. The molecule has 3 aliphatic rings. The van der Waals surface area contributed by atoms with E-state index in [1.807, 2.05) is 0 Å². The van der Waals surface area contributed by atoms with Crippen LogP contribution in [0.1, 0.15) is 51.4 Å². The summed E-state index contributed by atoms with van der Waals surface area (Å²) in [5.74, 6) is 1.57. The topological polar surface area (TPSA) is 37.3 Å². The predicted molar refractivity (Wildman–Crippen MR) is 57.5 cm³/mol. The average molecular weight is 208 g/mol. The highest BCUT2D eigenvalue weighted by Gasteiger charge is 2.60. The van der Waals surface area contributed by atoms with Crippen molar-refractivity contribution in [3.63, 3.8) is 0 Å². The van der Waals surface area contributed by atoms with E-state index >= 15 is 0 Å². The first-order valence-corrected chi connectivity index (χ1v) is 6.46. The first-order chi connectivity index (χ1) is 7.22. The van der Waals surface area contributed by atoms with Crippen molar-refractivity contribution in [2.45, 2.75) is 51.4 Å². The first kappa shape index (κ1) is 9.68. The molecule has 0 amide bonds. The van der Waals surface area contributed by atoms with Crippen molar-refractivity contribution in [2.24, 2.45) is 23.2 Å². The zero-order valence-electron chi connectivity index (χ0n) is 9.24. The van der Waals surface area contributed by atoms with Crippen LogP contribution in [0.25, 0.3) is 0 Å². The fraction of sp³-hybridized carbons (Fsp3) is 0.923. The van der Waals surface area contributed by atoms with E-state index in [4.69, 9.17) is 0 Å². The Morgan fingerprint density at radius 2 is 1.67 bits per heavy atom. The molecule has 0 aromatic carbocycles. The minimum absolute atomic E-state index is 0.298. The molecule has 84 valence electrons. The Kier molecular flexibility index (Phi) is 2.08. The summed E-state index contributed by atoms with van der Waals surface area (Å²) in [4.78, 5) is 11.6. The number of fused-ring (bicyclic) bond motifs is 1. The average Bonchev–Trinajstić information content (AvgIpc) is 2.87. The normalized spacial score (nSPS) is 45.1. The minimum Gasteiger partial charge on any atom is -0.481 e. The van der Waals surface area contributed by atoms with E-state index in [2.05, 4.69) is 0 Å². The lowest BCUT2D eigenvalue weighted by atomic mass is 9.66. The molecule has 0 aliphatic heterocycles. The van der Waals surface area contributed by atoms with Crippen molar-refractivity contribution in [3.8, 4) is 0 Å². The Balaban J connectivity index is 1.80. The van der Waals surface area contributed by atoms with E-state index in [0.29, 0.717) is 5.92 Å². The zero-order chi connectivity index (χ0) is 10.5. The van der Waals surface area contributed by atoms with E-state index in [-0.39, 0.29) is 5.41 Å². The lowest BCUT2D eigenvalue weighted by Gasteiger charge is -2.37. The third-order valence-corrected chi connectivity index (χ3v) is 5.13. The van der Waals surface area contributed by atoms with Crippen LogP contribution < -0.4 is 0 Å². The number of rotatable bonds is 2. The molecule has 2 unspecified atom stereocenters. The molecule has 2 nitrogen and oxygen atoms in total. The van der Waals surface area contributed by atoms with Crippen LogP contribution in [-0.2, 0) is 4.79 Å². The van der Waals surface area contributed by atoms with Gasteiger partial charge in [0.25, 0.3) is 0 Å². The standard InChI is InChI=1S/C13H20O2/c14-12(15)13(7-9-6-10(9)8-13)11-4-2-1-3-5-11/h9-11H,1-8H2,(H,14,15). The second-order valence-electron chi connectivity index (χ2n) is 5.96. The summed E-state index contributed by atoms with van der Waals surface area (Å²) < 4.78 is 0. The molecule has 0 spiro atoms. The zero-order valence-corrected chi connectivity index (χ0v) is 9.24. The Morgan fingerprint density at radius 1 is 1.07 bits per heavy atom. The van der Waals surface area contributed by atoms with Crippen molar-refractivity contribution in [2.75, 3.05) is 0 Å². The smallest absolute Gasteiger partial charge is 0.309 e. The fourth-order valence-corrected chi connectivity index (χ4v) is 4.17. The Hall–Kier alpha value is -0.530. The van der Waals surface area contributed by atoms with Crippen LogP contribution in [0.15, 0.2) is 0 Å². The lowest BCUT2D eigenvalue weighted by molar-refractivity contribution is -0.154. The molecule has 0 radical (unpaired) electrons. The number of aliphatic carboxylic acids is 1. The summed E-state index contributed by atoms with van der Waals surface area (Å²) in [5.41, 5.74) is -0.298. The van der Waals surface area contributed by atoms with Gasteiger partial charge in [-0.15, -0.1) is 0 Å². The van der Waals surface area contributed by atoms with Crippen molar-refractivity contribution in [1.29, 1.82) is 0 Å². The summed E-state index contributed by atoms with van der Waals surface area (Å²) in [5, 5.41) is 9.55. The van der Waals surface area contributed by atoms with Gasteiger partial charge in [-0.05, 0) is 49.9 Å². The second-order valence-corrected chi connectivity index (χ2v) is 5.96. The number of hydrogen-bond acceptors (Lipinski definition) is 1. The van der Waals surface area contributed by atoms with Gasteiger partial charge in [0.15, 0.2) is 0 Å². The molecular formula is C13H20O2. The van der Waals surface area contributed by atoms with Gasteiger partial charge in [-0.25, -0.2) is 0 Å². The summed E-state index contributed by atoms with van der Waals surface area (Å²) in [6.07, 6.45) is 9.50. The van der Waals surface area contributed by atoms with Gasteiger partial charge in [0.05, 0.1) is 5.41 Å². The maximum atomic E-state index is 11.6. The molecular weight excluding hydrogens is 188 g/mol. The molecule has 3 aliphatic carbocycles. The summed E-state index contributed by atoms with van der Waals surface area (Å²) in [7, 11) is 0. The van der Waals surface area contributed by atoms with Crippen LogP contribution in [0, 0.1) is 23.2 Å². The number of hydrogen-bond donors (Lipinski definition) is 1. The summed E-state index contributed by atoms with van der Waals surface area (Å²) >= 11 is 0. The second kappa shape index (κ2) is 3.23.